The SMILES string of the molecule is COC(=O)CN(C(=O)CNC(C)=O)C1CCCC1. The molecule has 1 aliphatic rings. The molecule has 0 aliphatic heterocycles. The maximum Gasteiger partial charge on any atom is 0.325 e. The van der Waals surface area contributed by atoms with Crippen molar-refractivity contribution < 1.29 is 19.1 Å². The minimum absolute atomic E-state index is 0.0421. The lowest BCUT2D eigenvalue weighted by Gasteiger charge is -2.27. The molecule has 1 fully saturated rings. The van der Waals surface area contributed by atoms with E-state index in [1.54, 1.807) is 0 Å². The summed E-state index contributed by atoms with van der Waals surface area (Å²) in [5.74, 6) is -0.923. The maximum absolute atomic E-state index is 12.0. The first-order valence-electron chi connectivity index (χ1n) is 6.15. The van der Waals surface area contributed by atoms with Gasteiger partial charge in [0.1, 0.15) is 6.54 Å². The summed E-state index contributed by atoms with van der Waals surface area (Å²) >= 11 is 0. The number of amides is 2. The van der Waals surface area contributed by atoms with E-state index >= 15 is 0 Å². The number of hydrogen-bond acceptors (Lipinski definition) is 4. The third-order valence-corrected chi connectivity index (χ3v) is 3.10. The number of carbonyl (C=O) groups is 3. The van der Waals surface area contributed by atoms with Crippen LogP contribution in [0, 0.1) is 0 Å². The molecule has 102 valence electrons. The number of ether oxygens (including phenoxy) is 1. The van der Waals surface area contributed by atoms with Crippen LogP contribution in [0.25, 0.3) is 0 Å². The van der Waals surface area contributed by atoms with Crippen LogP contribution >= 0.6 is 0 Å². The second-order valence-electron chi connectivity index (χ2n) is 4.45. The highest BCUT2D eigenvalue weighted by atomic mass is 16.5. The second kappa shape index (κ2) is 6.98. The first-order chi connectivity index (χ1) is 8.54. The summed E-state index contributed by atoms with van der Waals surface area (Å²) in [5.41, 5.74) is 0. The molecule has 1 saturated carbocycles. The van der Waals surface area contributed by atoms with Gasteiger partial charge in [0.25, 0.3) is 0 Å². The van der Waals surface area contributed by atoms with Gasteiger partial charge in [-0.15, -0.1) is 0 Å². The van der Waals surface area contributed by atoms with Gasteiger partial charge in [-0.25, -0.2) is 0 Å². The molecule has 0 bridgehead atoms. The highest BCUT2D eigenvalue weighted by molar-refractivity contribution is 5.86. The number of carbonyl (C=O) groups excluding carboxylic acids is 3. The quantitative estimate of drug-likeness (QED) is 0.706. The lowest BCUT2D eigenvalue weighted by molar-refractivity contribution is -0.148. The molecule has 0 aromatic rings. The molecule has 1 N–H and O–H groups in total. The molecular formula is C12H20N2O4. The van der Waals surface area contributed by atoms with Crippen LogP contribution in [-0.4, -0.2) is 48.9 Å². The number of methoxy groups -OCH3 is 1. The second-order valence-corrected chi connectivity index (χ2v) is 4.45. The molecule has 0 unspecified atom stereocenters. The lowest BCUT2D eigenvalue weighted by atomic mass is 10.2. The van der Waals surface area contributed by atoms with Gasteiger partial charge in [-0.1, -0.05) is 12.8 Å². The fourth-order valence-corrected chi connectivity index (χ4v) is 2.14. The van der Waals surface area contributed by atoms with Crippen LogP contribution in [0.2, 0.25) is 0 Å². The fourth-order valence-electron chi connectivity index (χ4n) is 2.14. The fraction of sp³-hybridized carbons (Fsp3) is 0.750. The van der Waals surface area contributed by atoms with Gasteiger partial charge in [0.2, 0.25) is 11.8 Å². The van der Waals surface area contributed by atoms with Gasteiger partial charge in [-0.3, -0.25) is 14.4 Å². The highest BCUT2D eigenvalue weighted by Gasteiger charge is 2.28. The van der Waals surface area contributed by atoms with Crippen molar-refractivity contribution in [3.8, 4) is 0 Å². The van der Waals surface area contributed by atoms with Crippen LogP contribution in [0.5, 0.6) is 0 Å². The van der Waals surface area contributed by atoms with Gasteiger partial charge in [0.05, 0.1) is 13.7 Å². The van der Waals surface area contributed by atoms with Crippen LogP contribution in [-0.2, 0) is 19.1 Å². The van der Waals surface area contributed by atoms with E-state index in [2.05, 4.69) is 10.1 Å². The molecule has 18 heavy (non-hydrogen) atoms. The van der Waals surface area contributed by atoms with Crippen LogP contribution in [0.3, 0.4) is 0 Å². The third-order valence-electron chi connectivity index (χ3n) is 3.10. The predicted molar refractivity (Wildman–Crippen MR) is 64.7 cm³/mol. The van der Waals surface area contributed by atoms with E-state index in [0.717, 1.165) is 25.7 Å². The van der Waals surface area contributed by atoms with Gasteiger partial charge in [0, 0.05) is 13.0 Å². The van der Waals surface area contributed by atoms with Crippen molar-refractivity contribution in [3.63, 3.8) is 0 Å². The summed E-state index contributed by atoms with van der Waals surface area (Å²) in [6.45, 7) is 1.25. The summed E-state index contributed by atoms with van der Waals surface area (Å²) in [7, 11) is 1.30. The summed E-state index contributed by atoms with van der Waals surface area (Å²) in [4.78, 5) is 35.6. The average Bonchev–Trinajstić information content (AvgIpc) is 2.86. The van der Waals surface area contributed by atoms with Crippen molar-refractivity contribution in [3.05, 3.63) is 0 Å². The first kappa shape index (κ1) is 14.5. The number of nitrogens with one attached hydrogen (secondary N) is 1. The zero-order chi connectivity index (χ0) is 13.5. The van der Waals surface area contributed by atoms with E-state index in [0.29, 0.717) is 0 Å². The van der Waals surface area contributed by atoms with E-state index in [4.69, 9.17) is 0 Å². The zero-order valence-corrected chi connectivity index (χ0v) is 10.9. The Kier molecular flexibility index (Phi) is 5.61. The molecule has 0 saturated heterocycles. The minimum atomic E-state index is -0.432. The maximum atomic E-state index is 12.0. The molecular weight excluding hydrogens is 236 g/mol. The monoisotopic (exact) mass is 256 g/mol. The van der Waals surface area contributed by atoms with E-state index in [1.165, 1.54) is 18.9 Å². The van der Waals surface area contributed by atoms with E-state index in [9.17, 15) is 14.4 Å². The standard InChI is InChI=1S/C12H20N2O4/c1-9(15)13-7-11(16)14(8-12(17)18-2)10-5-3-4-6-10/h10H,3-8H2,1-2H3,(H,13,15). The molecule has 0 heterocycles. The summed E-state index contributed by atoms with van der Waals surface area (Å²) < 4.78 is 4.60. The number of esters is 1. The van der Waals surface area contributed by atoms with Gasteiger partial charge >= 0.3 is 5.97 Å². The van der Waals surface area contributed by atoms with Crippen molar-refractivity contribution >= 4 is 17.8 Å². The van der Waals surface area contributed by atoms with Gasteiger partial charge in [-0.2, -0.15) is 0 Å². The van der Waals surface area contributed by atoms with E-state index in [1.807, 2.05) is 0 Å². The molecule has 0 spiro atoms. The van der Waals surface area contributed by atoms with Crippen LogP contribution in [0.4, 0.5) is 0 Å². The number of rotatable bonds is 5. The Bertz CT molecular complexity index is 324. The average molecular weight is 256 g/mol. The predicted octanol–water partition coefficient (Wildman–Crippen LogP) is 0.0667. The van der Waals surface area contributed by atoms with Crippen LogP contribution in [0.15, 0.2) is 0 Å². The highest BCUT2D eigenvalue weighted by Crippen LogP contribution is 2.23. The van der Waals surface area contributed by atoms with E-state index in [-0.39, 0.29) is 30.9 Å². The summed E-state index contributed by atoms with van der Waals surface area (Å²) in [6, 6.07) is 0.0883. The Labute approximate surface area is 107 Å². The van der Waals surface area contributed by atoms with Crippen molar-refractivity contribution in [2.75, 3.05) is 20.2 Å². The molecule has 1 aliphatic carbocycles. The van der Waals surface area contributed by atoms with Gasteiger partial charge in [0.15, 0.2) is 0 Å². The van der Waals surface area contributed by atoms with Crippen LogP contribution in [0.1, 0.15) is 32.6 Å². The molecule has 0 aromatic carbocycles. The summed E-state index contributed by atoms with van der Waals surface area (Å²) in [5, 5.41) is 2.46. The Hall–Kier alpha value is -1.59. The molecule has 0 radical (unpaired) electrons. The van der Waals surface area contributed by atoms with Gasteiger partial charge < -0.3 is 15.0 Å². The third kappa shape index (κ3) is 4.35. The van der Waals surface area contributed by atoms with Gasteiger partial charge in [-0.05, 0) is 12.8 Å². The molecule has 6 heteroatoms. The zero-order valence-electron chi connectivity index (χ0n) is 10.9. The first-order valence-corrected chi connectivity index (χ1v) is 6.15. The van der Waals surface area contributed by atoms with Crippen molar-refractivity contribution in [2.45, 2.75) is 38.6 Å². The van der Waals surface area contributed by atoms with E-state index < -0.39 is 5.97 Å². The molecule has 6 nitrogen and oxygen atoms in total. The van der Waals surface area contributed by atoms with Crippen molar-refractivity contribution in [1.29, 1.82) is 0 Å². The Morgan fingerprint density at radius 3 is 2.39 bits per heavy atom. The Morgan fingerprint density at radius 2 is 1.89 bits per heavy atom. The summed E-state index contributed by atoms with van der Waals surface area (Å²) in [6.07, 6.45) is 3.94. The van der Waals surface area contributed by atoms with Crippen molar-refractivity contribution in [1.82, 2.24) is 10.2 Å². The molecule has 2 amide bonds. The lowest BCUT2D eigenvalue weighted by Crippen LogP contribution is -2.47. The smallest absolute Gasteiger partial charge is 0.325 e. The number of hydrogen-bond donors (Lipinski definition) is 1. The van der Waals surface area contributed by atoms with Crippen LogP contribution < -0.4 is 5.32 Å². The topological polar surface area (TPSA) is 75.7 Å². The Morgan fingerprint density at radius 1 is 1.28 bits per heavy atom. The Balaban J connectivity index is 2.60. The normalized spacial score (nSPS) is 15.2. The minimum Gasteiger partial charge on any atom is -0.468 e. The number of nitrogens with zero attached hydrogens (tertiary/aromatic N) is 1. The molecule has 0 aromatic heterocycles. The molecule has 0 atom stereocenters. The largest absolute Gasteiger partial charge is 0.468 e. The van der Waals surface area contributed by atoms with Crippen molar-refractivity contribution in [2.24, 2.45) is 0 Å². The molecule has 1 rings (SSSR count).